The zero-order valence-electron chi connectivity index (χ0n) is 11.2. The molecule has 0 atom stereocenters. The molecule has 0 aliphatic carbocycles. The second kappa shape index (κ2) is 5.79. The fraction of sp³-hybridized carbons (Fsp3) is 0.143. The van der Waals surface area contributed by atoms with E-state index in [2.05, 4.69) is 4.72 Å². The summed E-state index contributed by atoms with van der Waals surface area (Å²) in [5.74, 6) is -1.15. The van der Waals surface area contributed by atoms with Gasteiger partial charge in [-0.15, -0.1) is 0 Å². The predicted molar refractivity (Wildman–Crippen MR) is 76.2 cm³/mol. The molecule has 0 saturated heterocycles. The van der Waals surface area contributed by atoms with Gasteiger partial charge in [0.05, 0.1) is 10.6 Å². The highest BCUT2D eigenvalue weighted by atomic mass is 32.2. The lowest BCUT2D eigenvalue weighted by Gasteiger charge is -2.13. The monoisotopic (exact) mass is 312 g/mol. The van der Waals surface area contributed by atoms with Gasteiger partial charge in [-0.3, -0.25) is 4.72 Å². The van der Waals surface area contributed by atoms with Crippen LogP contribution < -0.4 is 10.5 Å². The van der Waals surface area contributed by atoms with Crippen molar-refractivity contribution in [3.8, 4) is 0 Å². The number of hydrogen-bond acceptors (Lipinski definition) is 3. The van der Waals surface area contributed by atoms with Crippen molar-refractivity contribution in [2.24, 2.45) is 5.73 Å². The lowest BCUT2D eigenvalue weighted by molar-refractivity contribution is 0.593. The van der Waals surface area contributed by atoms with Crippen LogP contribution in [-0.2, 0) is 16.6 Å². The van der Waals surface area contributed by atoms with Crippen LogP contribution in [0, 0.1) is 18.6 Å². The first kappa shape index (κ1) is 15.4. The molecule has 0 aliphatic heterocycles. The normalized spacial score (nSPS) is 11.4. The Hall–Kier alpha value is -1.99. The van der Waals surface area contributed by atoms with Crippen molar-refractivity contribution >= 4 is 15.7 Å². The van der Waals surface area contributed by atoms with Crippen molar-refractivity contribution in [1.82, 2.24) is 0 Å². The van der Waals surface area contributed by atoms with Crippen molar-refractivity contribution < 1.29 is 17.2 Å². The molecule has 2 aromatic carbocycles. The Balaban J connectivity index is 2.45. The standard InChI is InChI=1S/C14H14F2N2O2S/c1-9-6-11(15)4-5-13(9)18-21(19,20)14-7-12(16)3-2-10(14)8-17/h2-7,18H,8,17H2,1H3. The van der Waals surface area contributed by atoms with Gasteiger partial charge in [-0.2, -0.15) is 0 Å². The van der Waals surface area contributed by atoms with Crippen LogP contribution in [0.3, 0.4) is 0 Å². The smallest absolute Gasteiger partial charge is 0.262 e. The van der Waals surface area contributed by atoms with Crippen LogP contribution in [0.2, 0.25) is 0 Å². The number of aryl methyl sites for hydroxylation is 1. The van der Waals surface area contributed by atoms with Crippen LogP contribution in [0.4, 0.5) is 14.5 Å². The van der Waals surface area contributed by atoms with E-state index < -0.39 is 21.7 Å². The van der Waals surface area contributed by atoms with Crippen LogP contribution in [0.1, 0.15) is 11.1 Å². The molecule has 0 bridgehead atoms. The molecule has 0 heterocycles. The maximum atomic E-state index is 13.3. The number of sulfonamides is 1. The summed E-state index contributed by atoms with van der Waals surface area (Å²) in [5.41, 5.74) is 6.42. The van der Waals surface area contributed by atoms with Gasteiger partial charge in [0.2, 0.25) is 0 Å². The van der Waals surface area contributed by atoms with E-state index in [4.69, 9.17) is 5.73 Å². The van der Waals surface area contributed by atoms with Gasteiger partial charge in [0, 0.05) is 6.54 Å². The highest BCUT2D eigenvalue weighted by molar-refractivity contribution is 7.92. The first-order valence-corrected chi connectivity index (χ1v) is 7.59. The molecule has 0 aliphatic rings. The van der Waals surface area contributed by atoms with E-state index in [1.807, 2.05) is 0 Å². The van der Waals surface area contributed by atoms with Crippen molar-refractivity contribution in [2.45, 2.75) is 18.4 Å². The van der Waals surface area contributed by atoms with Gasteiger partial charge in [0.15, 0.2) is 0 Å². The minimum absolute atomic E-state index is 0.0427. The summed E-state index contributed by atoms with van der Waals surface area (Å²) in [4.78, 5) is -0.228. The number of rotatable bonds is 4. The van der Waals surface area contributed by atoms with Crippen LogP contribution >= 0.6 is 0 Å². The molecule has 2 aromatic rings. The summed E-state index contributed by atoms with van der Waals surface area (Å²) < 4.78 is 53.3. The van der Waals surface area contributed by atoms with E-state index in [-0.39, 0.29) is 17.1 Å². The average Bonchev–Trinajstić information content (AvgIpc) is 2.42. The second-order valence-corrected chi connectivity index (χ2v) is 6.17. The fourth-order valence-electron chi connectivity index (χ4n) is 1.89. The summed E-state index contributed by atoms with van der Waals surface area (Å²) in [6, 6.07) is 7.02. The maximum absolute atomic E-state index is 13.3. The number of benzene rings is 2. The van der Waals surface area contributed by atoms with Crippen molar-refractivity contribution in [1.29, 1.82) is 0 Å². The predicted octanol–water partition coefficient (Wildman–Crippen LogP) is 2.53. The number of hydrogen-bond donors (Lipinski definition) is 2. The molecule has 0 aromatic heterocycles. The summed E-state index contributed by atoms with van der Waals surface area (Å²) in [7, 11) is -4.01. The third kappa shape index (κ3) is 3.37. The summed E-state index contributed by atoms with van der Waals surface area (Å²) in [5, 5.41) is 0. The Morgan fingerprint density at radius 2 is 1.71 bits per heavy atom. The largest absolute Gasteiger partial charge is 0.326 e. The SMILES string of the molecule is Cc1cc(F)ccc1NS(=O)(=O)c1cc(F)ccc1CN. The van der Waals surface area contributed by atoms with Gasteiger partial charge in [-0.05, 0) is 48.4 Å². The van der Waals surface area contributed by atoms with E-state index in [1.165, 1.54) is 18.2 Å². The van der Waals surface area contributed by atoms with Crippen LogP contribution in [0.25, 0.3) is 0 Å². The molecule has 0 radical (unpaired) electrons. The van der Waals surface area contributed by atoms with Crippen molar-refractivity contribution in [3.05, 3.63) is 59.2 Å². The lowest BCUT2D eigenvalue weighted by atomic mass is 10.2. The average molecular weight is 312 g/mol. The maximum Gasteiger partial charge on any atom is 0.262 e. The van der Waals surface area contributed by atoms with E-state index in [0.717, 1.165) is 18.2 Å². The van der Waals surface area contributed by atoms with Crippen molar-refractivity contribution in [3.63, 3.8) is 0 Å². The Morgan fingerprint density at radius 3 is 2.33 bits per heavy atom. The van der Waals surface area contributed by atoms with Gasteiger partial charge < -0.3 is 5.73 Å². The molecule has 21 heavy (non-hydrogen) atoms. The van der Waals surface area contributed by atoms with Crippen LogP contribution in [0.15, 0.2) is 41.3 Å². The molecule has 0 spiro atoms. The minimum Gasteiger partial charge on any atom is -0.326 e. The van der Waals surface area contributed by atoms with Gasteiger partial charge in [-0.1, -0.05) is 6.07 Å². The second-order valence-electron chi connectivity index (χ2n) is 4.52. The molecule has 0 saturated carbocycles. The summed E-state index contributed by atoms with van der Waals surface area (Å²) >= 11 is 0. The summed E-state index contributed by atoms with van der Waals surface area (Å²) in [6.45, 7) is 1.52. The Morgan fingerprint density at radius 1 is 1.10 bits per heavy atom. The first-order chi connectivity index (χ1) is 9.83. The van der Waals surface area contributed by atoms with Crippen LogP contribution in [-0.4, -0.2) is 8.42 Å². The molecule has 3 N–H and O–H groups in total. The van der Waals surface area contributed by atoms with Gasteiger partial charge in [0.1, 0.15) is 11.6 Å². The van der Waals surface area contributed by atoms with Gasteiger partial charge in [0.25, 0.3) is 10.0 Å². The molecular formula is C14H14F2N2O2S. The zero-order chi connectivity index (χ0) is 15.6. The molecule has 4 nitrogen and oxygen atoms in total. The lowest BCUT2D eigenvalue weighted by Crippen LogP contribution is -2.17. The summed E-state index contributed by atoms with van der Waals surface area (Å²) in [6.07, 6.45) is 0. The van der Waals surface area contributed by atoms with E-state index in [0.29, 0.717) is 11.1 Å². The highest BCUT2D eigenvalue weighted by Crippen LogP contribution is 2.23. The topological polar surface area (TPSA) is 72.2 Å². The van der Waals surface area contributed by atoms with E-state index in [9.17, 15) is 17.2 Å². The zero-order valence-corrected chi connectivity index (χ0v) is 12.0. The highest BCUT2D eigenvalue weighted by Gasteiger charge is 2.19. The number of nitrogens with two attached hydrogens (primary N) is 1. The quantitative estimate of drug-likeness (QED) is 0.911. The number of anilines is 1. The van der Waals surface area contributed by atoms with Crippen molar-refractivity contribution in [2.75, 3.05) is 4.72 Å². The first-order valence-electron chi connectivity index (χ1n) is 6.11. The van der Waals surface area contributed by atoms with E-state index >= 15 is 0 Å². The van der Waals surface area contributed by atoms with Gasteiger partial charge in [-0.25, -0.2) is 17.2 Å². The van der Waals surface area contributed by atoms with Gasteiger partial charge >= 0.3 is 0 Å². The minimum atomic E-state index is -4.01. The molecule has 7 heteroatoms. The molecule has 2 rings (SSSR count). The number of nitrogens with one attached hydrogen (secondary N) is 1. The molecule has 0 amide bonds. The number of halogens is 2. The molecule has 112 valence electrons. The third-order valence-corrected chi connectivity index (χ3v) is 4.42. The Kier molecular flexibility index (Phi) is 4.24. The fourth-order valence-corrected chi connectivity index (χ4v) is 3.28. The Bertz CT molecular complexity index is 777. The Labute approximate surface area is 121 Å². The molecule has 0 fully saturated rings. The third-order valence-electron chi connectivity index (χ3n) is 2.97. The van der Waals surface area contributed by atoms with E-state index in [1.54, 1.807) is 6.92 Å². The van der Waals surface area contributed by atoms with Crippen LogP contribution in [0.5, 0.6) is 0 Å². The molecule has 0 unspecified atom stereocenters. The molecular weight excluding hydrogens is 298 g/mol.